The van der Waals surface area contributed by atoms with E-state index in [1.54, 1.807) is 11.1 Å². The van der Waals surface area contributed by atoms with E-state index >= 15 is 0 Å². The molecule has 1 aliphatic rings. The third-order valence-corrected chi connectivity index (χ3v) is 5.08. The second-order valence-electron chi connectivity index (χ2n) is 6.56. The van der Waals surface area contributed by atoms with E-state index in [1.807, 2.05) is 6.20 Å². The molecule has 22 heavy (non-hydrogen) atoms. The van der Waals surface area contributed by atoms with Crippen molar-refractivity contribution in [3.8, 4) is 0 Å². The molecular formula is C21H23N. The summed E-state index contributed by atoms with van der Waals surface area (Å²) in [5.74, 6) is 0. The van der Waals surface area contributed by atoms with Crippen molar-refractivity contribution < 1.29 is 0 Å². The number of pyridine rings is 1. The molecule has 0 unspecified atom stereocenters. The zero-order valence-corrected chi connectivity index (χ0v) is 13.1. The number of aromatic nitrogens is 1. The standard InChI is InChI=1S/C21H23N/c1-2-4-6-11-18-16(9-5-3-1)13-14-20-21(18)19-12-8-7-10-17(19)15-22-20/h7-8,10,12-15H,1-6,9,11H2. The Morgan fingerprint density at radius 1 is 0.727 bits per heavy atom. The molecule has 1 aliphatic carbocycles. The van der Waals surface area contributed by atoms with Gasteiger partial charge < -0.3 is 0 Å². The Morgan fingerprint density at radius 2 is 1.50 bits per heavy atom. The molecule has 0 spiro atoms. The maximum absolute atomic E-state index is 4.71. The van der Waals surface area contributed by atoms with E-state index in [0.29, 0.717) is 0 Å². The van der Waals surface area contributed by atoms with Gasteiger partial charge in [-0.3, -0.25) is 4.98 Å². The number of hydrogen-bond acceptors (Lipinski definition) is 1. The third-order valence-electron chi connectivity index (χ3n) is 5.08. The van der Waals surface area contributed by atoms with E-state index in [1.165, 1.54) is 67.5 Å². The van der Waals surface area contributed by atoms with Crippen molar-refractivity contribution in [1.82, 2.24) is 4.98 Å². The fraction of sp³-hybridized carbons (Fsp3) is 0.381. The Hall–Kier alpha value is -1.89. The SMILES string of the molecule is c1ccc2c(c1)cnc1ccc3c(c12)CCCCCCCC3. The minimum Gasteiger partial charge on any atom is -0.256 e. The summed E-state index contributed by atoms with van der Waals surface area (Å²) in [4.78, 5) is 4.71. The molecule has 112 valence electrons. The summed E-state index contributed by atoms with van der Waals surface area (Å²) in [7, 11) is 0. The van der Waals surface area contributed by atoms with Crippen LogP contribution in [0.25, 0.3) is 21.7 Å². The largest absolute Gasteiger partial charge is 0.256 e. The number of nitrogens with zero attached hydrogens (tertiary/aromatic N) is 1. The van der Waals surface area contributed by atoms with Gasteiger partial charge in [0.15, 0.2) is 0 Å². The maximum Gasteiger partial charge on any atom is 0.0711 e. The lowest BCUT2D eigenvalue weighted by Crippen LogP contribution is -2.00. The average molecular weight is 289 g/mol. The molecule has 0 amide bonds. The van der Waals surface area contributed by atoms with Crippen molar-refractivity contribution >= 4 is 21.7 Å². The molecule has 0 fully saturated rings. The lowest BCUT2D eigenvalue weighted by Gasteiger charge is -2.16. The van der Waals surface area contributed by atoms with E-state index in [0.717, 1.165) is 5.52 Å². The van der Waals surface area contributed by atoms with Gasteiger partial charge in [-0.25, -0.2) is 0 Å². The monoisotopic (exact) mass is 289 g/mol. The molecule has 1 aromatic heterocycles. The fourth-order valence-corrected chi connectivity index (χ4v) is 3.91. The summed E-state index contributed by atoms with van der Waals surface area (Å²) < 4.78 is 0. The van der Waals surface area contributed by atoms with Crippen LogP contribution in [0.15, 0.2) is 42.6 Å². The highest BCUT2D eigenvalue weighted by atomic mass is 14.6. The van der Waals surface area contributed by atoms with Crippen LogP contribution in [-0.2, 0) is 12.8 Å². The molecule has 4 rings (SSSR count). The molecule has 2 aromatic carbocycles. The number of hydrogen-bond donors (Lipinski definition) is 0. The third kappa shape index (κ3) is 2.49. The number of rotatable bonds is 0. The molecule has 0 saturated heterocycles. The van der Waals surface area contributed by atoms with Gasteiger partial charge in [0.1, 0.15) is 0 Å². The molecule has 0 atom stereocenters. The van der Waals surface area contributed by atoms with Crippen molar-refractivity contribution in [2.75, 3.05) is 0 Å². The zero-order chi connectivity index (χ0) is 14.8. The van der Waals surface area contributed by atoms with Gasteiger partial charge in [0.2, 0.25) is 0 Å². The van der Waals surface area contributed by atoms with Gasteiger partial charge in [-0.15, -0.1) is 0 Å². The first kappa shape index (κ1) is 13.8. The molecule has 3 aromatic rings. The highest BCUT2D eigenvalue weighted by Gasteiger charge is 2.12. The van der Waals surface area contributed by atoms with Gasteiger partial charge >= 0.3 is 0 Å². The Balaban J connectivity index is 1.96. The average Bonchev–Trinajstić information content (AvgIpc) is 2.58. The molecule has 1 heteroatoms. The van der Waals surface area contributed by atoms with E-state index in [-0.39, 0.29) is 0 Å². The first-order valence-corrected chi connectivity index (χ1v) is 8.72. The zero-order valence-electron chi connectivity index (χ0n) is 13.1. The molecule has 0 aliphatic heterocycles. The first-order chi connectivity index (χ1) is 10.9. The van der Waals surface area contributed by atoms with Gasteiger partial charge in [0.05, 0.1) is 5.52 Å². The first-order valence-electron chi connectivity index (χ1n) is 8.72. The van der Waals surface area contributed by atoms with E-state index < -0.39 is 0 Å². The summed E-state index contributed by atoms with van der Waals surface area (Å²) in [6.07, 6.45) is 12.7. The van der Waals surface area contributed by atoms with Crippen LogP contribution >= 0.6 is 0 Å². The van der Waals surface area contributed by atoms with E-state index in [9.17, 15) is 0 Å². The predicted octanol–water partition coefficient (Wildman–Crippen LogP) is 5.83. The van der Waals surface area contributed by atoms with Gasteiger partial charge in [0, 0.05) is 17.0 Å². The topological polar surface area (TPSA) is 12.9 Å². The smallest absolute Gasteiger partial charge is 0.0711 e. The minimum atomic E-state index is 1.16. The lowest BCUT2D eigenvalue weighted by atomic mass is 9.90. The molecule has 1 heterocycles. The Morgan fingerprint density at radius 3 is 2.41 bits per heavy atom. The number of aryl methyl sites for hydroxylation is 2. The van der Waals surface area contributed by atoms with Crippen LogP contribution in [0, 0.1) is 0 Å². The van der Waals surface area contributed by atoms with Crippen LogP contribution in [0.5, 0.6) is 0 Å². The maximum atomic E-state index is 4.71. The Kier molecular flexibility index (Phi) is 3.80. The van der Waals surface area contributed by atoms with Gasteiger partial charge in [0.25, 0.3) is 0 Å². The highest BCUT2D eigenvalue weighted by molar-refractivity contribution is 6.07. The summed E-state index contributed by atoms with van der Waals surface area (Å²) in [5.41, 5.74) is 4.30. The van der Waals surface area contributed by atoms with Crippen molar-refractivity contribution in [1.29, 1.82) is 0 Å². The van der Waals surface area contributed by atoms with Crippen LogP contribution in [0.2, 0.25) is 0 Å². The minimum absolute atomic E-state index is 1.16. The summed E-state index contributed by atoms with van der Waals surface area (Å²) in [6.45, 7) is 0. The van der Waals surface area contributed by atoms with Crippen LogP contribution < -0.4 is 0 Å². The molecule has 0 saturated carbocycles. The van der Waals surface area contributed by atoms with Gasteiger partial charge in [-0.2, -0.15) is 0 Å². The quantitative estimate of drug-likeness (QED) is 0.475. The van der Waals surface area contributed by atoms with Crippen molar-refractivity contribution in [3.05, 3.63) is 53.7 Å². The predicted molar refractivity (Wildman–Crippen MR) is 94.4 cm³/mol. The van der Waals surface area contributed by atoms with Gasteiger partial charge in [-0.05, 0) is 48.3 Å². The Bertz CT molecular complexity index is 803. The lowest BCUT2D eigenvalue weighted by molar-refractivity contribution is 0.582. The summed E-state index contributed by atoms with van der Waals surface area (Å²) in [6, 6.07) is 13.3. The van der Waals surface area contributed by atoms with Crippen LogP contribution in [0.1, 0.15) is 49.7 Å². The molecular weight excluding hydrogens is 266 g/mol. The molecule has 0 radical (unpaired) electrons. The molecule has 0 N–H and O–H groups in total. The van der Waals surface area contributed by atoms with Crippen LogP contribution in [-0.4, -0.2) is 4.98 Å². The second kappa shape index (κ2) is 6.08. The van der Waals surface area contributed by atoms with Crippen LogP contribution in [0.4, 0.5) is 0 Å². The van der Waals surface area contributed by atoms with Crippen molar-refractivity contribution in [3.63, 3.8) is 0 Å². The molecule has 1 nitrogen and oxygen atoms in total. The summed E-state index contributed by atoms with van der Waals surface area (Å²) in [5, 5.41) is 4.05. The number of fused-ring (bicyclic) bond motifs is 5. The van der Waals surface area contributed by atoms with E-state index in [4.69, 9.17) is 4.98 Å². The normalized spacial score (nSPS) is 16.5. The molecule has 0 bridgehead atoms. The van der Waals surface area contributed by atoms with Crippen molar-refractivity contribution in [2.24, 2.45) is 0 Å². The van der Waals surface area contributed by atoms with Crippen LogP contribution in [0.3, 0.4) is 0 Å². The van der Waals surface area contributed by atoms with Crippen molar-refractivity contribution in [2.45, 2.75) is 51.4 Å². The second-order valence-corrected chi connectivity index (χ2v) is 6.56. The summed E-state index contributed by atoms with van der Waals surface area (Å²) >= 11 is 0. The van der Waals surface area contributed by atoms with E-state index in [2.05, 4.69) is 36.4 Å². The van der Waals surface area contributed by atoms with Gasteiger partial charge in [-0.1, -0.05) is 56.0 Å². The number of benzene rings is 2. The Labute approximate surface area is 132 Å². The highest BCUT2D eigenvalue weighted by Crippen LogP contribution is 2.31. The fourth-order valence-electron chi connectivity index (χ4n) is 3.91.